The molecule has 0 fully saturated rings. The highest BCUT2D eigenvalue weighted by molar-refractivity contribution is 4.73. The Morgan fingerprint density at radius 3 is 2.21 bits per heavy atom. The van der Waals surface area contributed by atoms with E-state index in [9.17, 15) is 8.78 Å². The molecule has 14 heavy (non-hydrogen) atoms. The largest absolute Gasteiger partial charge is 0.376 e. The van der Waals surface area contributed by atoms with Gasteiger partial charge in [0, 0.05) is 7.11 Å². The Morgan fingerprint density at radius 2 is 1.86 bits per heavy atom. The molecule has 1 atom stereocenters. The topological polar surface area (TPSA) is 44.5 Å². The van der Waals surface area contributed by atoms with E-state index in [0.29, 0.717) is 6.42 Å². The van der Waals surface area contributed by atoms with Crippen LogP contribution in [0.25, 0.3) is 0 Å². The first-order valence-corrected chi connectivity index (χ1v) is 4.60. The molecular weight excluding hydrogens is 192 g/mol. The number of halogens is 2. The summed E-state index contributed by atoms with van der Waals surface area (Å²) in [6.07, 6.45) is 0.706. The van der Waals surface area contributed by atoms with Gasteiger partial charge in [0.15, 0.2) is 0 Å². The summed E-state index contributed by atoms with van der Waals surface area (Å²) in [7, 11) is 1.54. The lowest BCUT2D eigenvalue weighted by molar-refractivity contribution is -0.116. The summed E-state index contributed by atoms with van der Waals surface area (Å²) in [6, 6.07) is 0. The van der Waals surface area contributed by atoms with Crippen LogP contribution in [0.15, 0.2) is 0 Å². The number of hydrogen-bond acceptors (Lipinski definition) is 3. The summed E-state index contributed by atoms with van der Waals surface area (Å²) >= 11 is 0. The smallest absolute Gasteiger partial charge is 0.282 e. The summed E-state index contributed by atoms with van der Waals surface area (Å²) in [5.41, 5.74) is 4.36. The molecule has 0 radical (unpaired) electrons. The van der Waals surface area contributed by atoms with Crippen molar-refractivity contribution in [3.63, 3.8) is 0 Å². The molecule has 0 aliphatic carbocycles. The second-order valence-electron chi connectivity index (χ2n) is 3.56. The van der Waals surface area contributed by atoms with Crippen LogP contribution in [-0.2, 0) is 9.47 Å². The zero-order valence-electron chi connectivity index (χ0n) is 8.98. The maximum absolute atomic E-state index is 12.6. The number of rotatable bonds is 7. The van der Waals surface area contributed by atoms with Gasteiger partial charge in [-0.25, -0.2) is 8.78 Å². The molecule has 0 saturated heterocycles. The zero-order chi connectivity index (χ0) is 11.2. The van der Waals surface area contributed by atoms with Crippen molar-refractivity contribution in [3.8, 4) is 0 Å². The monoisotopic (exact) mass is 211 g/mol. The van der Waals surface area contributed by atoms with Crippen LogP contribution in [0.4, 0.5) is 8.78 Å². The zero-order valence-corrected chi connectivity index (χ0v) is 8.98. The molecule has 0 aromatic rings. The van der Waals surface area contributed by atoms with Crippen LogP contribution < -0.4 is 5.73 Å². The molecule has 0 aromatic heterocycles. The second-order valence-corrected chi connectivity index (χ2v) is 3.56. The van der Waals surface area contributed by atoms with E-state index in [1.54, 1.807) is 0 Å². The van der Waals surface area contributed by atoms with E-state index in [0.717, 1.165) is 0 Å². The average molecular weight is 211 g/mol. The number of methoxy groups -OCH3 is 1. The molecule has 3 nitrogen and oxygen atoms in total. The minimum Gasteiger partial charge on any atom is -0.376 e. The third kappa shape index (κ3) is 4.83. The van der Waals surface area contributed by atoms with Gasteiger partial charge in [0.1, 0.15) is 6.61 Å². The maximum atomic E-state index is 12.6. The minimum absolute atomic E-state index is 0.148. The molecule has 0 spiro atoms. The predicted octanol–water partition coefficient (Wildman–Crippen LogP) is 1.41. The lowest BCUT2D eigenvalue weighted by atomic mass is 10.1. The van der Waals surface area contributed by atoms with E-state index < -0.39 is 24.7 Å². The van der Waals surface area contributed by atoms with Gasteiger partial charge >= 0.3 is 0 Å². The Balaban J connectivity index is 3.83. The number of ether oxygens (including phenoxy) is 2. The fourth-order valence-corrected chi connectivity index (χ4v) is 0.780. The van der Waals surface area contributed by atoms with Crippen LogP contribution >= 0.6 is 0 Å². The number of hydrogen-bond donors (Lipinski definition) is 1. The van der Waals surface area contributed by atoms with Gasteiger partial charge in [0.2, 0.25) is 0 Å². The maximum Gasteiger partial charge on any atom is 0.282 e. The van der Waals surface area contributed by atoms with Crippen molar-refractivity contribution in [1.29, 1.82) is 0 Å². The number of nitrogens with two attached hydrogens (primary N) is 1. The Hall–Kier alpha value is -0.260. The predicted molar refractivity (Wildman–Crippen MR) is 50.5 cm³/mol. The average Bonchev–Trinajstić information content (AvgIpc) is 2.17. The molecule has 0 aliphatic rings. The van der Waals surface area contributed by atoms with Gasteiger partial charge < -0.3 is 15.2 Å². The van der Waals surface area contributed by atoms with Crippen LogP contribution in [0.1, 0.15) is 20.3 Å². The van der Waals surface area contributed by atoms with E-state index in [1.807, 2.05) is 13.8 Å². The van der Waals surface area contributed by atoms with E-state index in [-0.39, 0.29) is 6.61 Å². The van der Waals surface area contributed by atoms with Crippen molar-refractivity contribution in [2.75, 3.05) is 26.9 Å². The normalized spacial score (nSPS) is 16.7. The van der Waals surface area contributed by atoms with E-state index >= 15 is 0 Å². The lowest BCUT2D eigenvalue weighted by Gasteiger charge is -2.27. The lowest BCUT2D eigenvalue weighted by Crippen LogP contribution is -2.38. The fourth-order valence-electron chi connectivity index (χ4n) is 0.780. The first-order valence-electron chi connectivity index (χ1n) is 4.60. The molecule has 0 saturated carbocycles. The minimum atomic E-state index is -2.94. The summed E-state index contributed by atoms with van der Waals surface area (Å²) in [6.45, 7) is 2.53. The van der Waals surface area contributed by atoms with E-state index in [1.165, 1.54) is 7.11 Å². The molecule has 0 bridgehead atoms. The Morgan fingerprint density at radius 1 is 1.29 bits per heavy atom. The molecule has 0 amide bonds. The van der Waals surface area contributed by atoms with Gasteiger partial charge in [0.25, 0.3) is 5.92 Å². The second kappa shape index (κ2) is 5.58. The van der Waals surface area contributed by atoms with Crippen LogP contribution in [-0.4, -0.2) is 38.4 Å². The van der Waals surface area contributed by atoms with Crippen molar-refractivity contribution >= 4 is 0 Å². The van der Waals surface area contributed by atoms with Crippen molar-refractivity contribution < 1.29 is 18.3 Å². The van der Waals surface area contributed by atoms with E-state index in [4.69, 9.17) is 15.2 Å². The highest BCUT2D eigenvalue weighted by Gasteiger charge is 2.29. The molecule has 5 heteroatoms. The Labute approximate surface area is 83.6 Å². The first-order chi connectivity index (χ1) is 6.39. The molecule has 86 valence electrons. The first kappa shape index (κ1) is 13.7. The molecule has 0 heterocycles. The third-order valence-electron chi connectivity index (χ3n) is 2.26. The molecule has 0 aliphatic heterocycles. The van der Waals surface area contributed by atoms with Crippen LogP contribution in [0.2, 0.25) is 0 Å². The van der Waals surface area contributed by atoms with Crippen LogP contribution in [0.5, 0.6) is 0 Å². The summed E-state index contributed by atoms with van der Waals surface area (Å²) in [4.78, 5) is 0. The molecular formula is C9H19F2NO2. The van der Waals surface area contributed by atoms with Gasteiger partial charge in [-0.15, -0.1) is 0 Å². The van der Waals surface area contributed by atoms with Gasteiger partial charge in [-0.2, -0.15) is 0 Å². The quantitative estimate of drug-likeness (QED) is 0.692. The van der Waals surface area contributed by atoms with Gasteiger partial charge in [-0.05, 0) is 13.3 Å². The highest BCUT2D eigenvalue weighted by atomic mass is 19.3. The molecule has 0 rings (SSSR count). The standard InChI is InChI=1S/C9H19F2NO2/c1-4-8(2,13-3)6-14-7-9(10,11)5-12/h4-7,12H2,1-3H3. The third-order valence-corrected chi connectivity index (χ3v) is 2.26. The molecule has 0 aromatic carbocycles. The summed E-state index contributed by atoms with van der Waals surface area (Å²) < 4.78 is 35.3. The van der Waals surface area contributed by atoms with Gasteiger partial charge in [0.05, 0.1) is 18.8 Å². The van der Waals surface area contributed by atoms with Crippen molar-refractivity contribution in [1.82, 2.24) is 0 Å². The van der Waals surface area contributed by atoms with Gasteiger partial charge in [-0.3, -0.25) is 0 Å². The van der Waals surface area contributed by atoms with E-state index in [2.05, 4.69) is 0 Å². The SMILES string of the molecule is CCC(C)(COCC(F)(F)CN)OC. The number of alkyl halides is 2. The van der Waals surface area contributed by atoms with Crippen molar-refractivity contribution in [3.05, 3.63) is 0 Å². The van der Waals surface area contributed by atoms with Crippen molar-refractivity contribution in [2.24, 2.45) is 5.73 Å². The Bertz CT molecular complexity index is 161. The molecule has 2 N–H and O–H groups in total. The molecule has 1 unspecified atom stereocenters. The van der Waals surface area contributed by atoms with Crippen molar-refractivity contribution in [2.45, 2.75) is 31.8 Å². The summed E-state index contributed by atoms with van der Waals surface area (Å²) in [5, 5.41) is 0. The van der Waals surface area contributed by atoms with Crippen LogP contribution in [0.3, 0.4) is 0 Å². The Kier molecular flexibility index (Phi) is 5.48. The summed E-state index contributed by atoms with van der Waals surface area (Å²) in [5.74, 6) is -2.94. The highest BCUT2D eigenvalue weighted by Crippen LogP contribution is 2.17. The fraction of sp³-hybridized carbons (Fsp3) is 1.00. The van der Waals surface area contributed by atoms with Gasteiger partial charge in [-0.1, -0.05) is 6.92 Å². The van der Waals surface area contributed by atoms with Crippen LogP contribution in [0, 0.1) is 0 Å².